The average molecular weight is 603 g/mol. The predicted molar refractivity (Wildman–Crippen MR) is 154 cm³/mol. The summed E-state index contributed by atoms with van der Waals surface area (Å²) in [5.41, 5.74) is -0.845. The third-order valence-electron chi connectivity index (χ3n) is 8.07. The molecule has 0 radical (unpaired) electrons. The van der Waals surface area contributed by atoms with E-state index >= 15 is 4.39 Å². The van der Waals surface area contributed by atoms with Crippen molar-refractivity contribution in [3.8, 4) is 16.9 Å². The van der Waals surface area contributed by atoms with Crippen molar-refractivity contribution in [1.29, 1.82) is 0 Å². The molecule has 12 heteroatoms. The van der Waals surface area contributed by atoms with Crippen LogP contribution in [0.4, 0.5) is 19.4 Å². The largest absolute Gasteiger partial charge is 0.490 e. The minimum atomic E-state index is -0.800. The lowest BCUT2D eigenvalue weighted by molar-refractivity contribution is -0.137. The predicted octanol–water partition coefficient (Wildman–Crippen LogP) is 5.24. The maximum absolute atomic E-state index is 15.1. The Labute approximate surface area is 246 Å². The zero-order chi connectivity index (χ0) is 30.1. The Bertz CT molecular complexity index is 1650. The third kappa shape index (κ3) is 4.86. The van der Waals surface area contributed by atoms with E-state index in [1.807, 2.05) is 39.5 Å². The van der Waals surface area contributed by atoms with Crippen LogP contribution in [0, 0.1) is 17.0 Å². The van der Waals surface area contributed by atoms with Gasteiger partial charge in [-0.1, -0.05) is 11.6 Å². The van der Waals surface area contributed by atoms with E-state index in [0.717, 1.165) is 12.1 Å². The van der Waals surface area contributed by atoms with Crippen molar-refractivity contribution in [2.75, 3.05) is 37.8 Å². The van der Waals surface area contributed by atoms with E-state index in [1.54, 1.807) is 15.5 Å². The minimum absolute atomic E-state index is 0.0597. The van der Waals surface area contributed by atoms with Crippen molar-refractivity contribution >= 4 is 34.4 Å². The molecule has 42 heavy (non-hydrogen) atoms. The van der Waals surface area contributed by atoms with Crippen molar-refractivity contribution in [2.24, 2.45) is 5.41 Å². The van der Waals surface area contributed by atoms with Gasteiger partial charge in [-0.15, -0.1) is 0 Å². The van der Waals surface area contributed by atoms with Crippen LogP contribution < -0.4 is 15.3 Å². The molecule has 1 spiro atoms. The van der Waals surface area contributed by atoms with Crippen LogP contribution in [0.2, 0.25) is 5.02 Å². The van der Waals surface area contributed by atoms with Crippen LogP contribution in [0.1, 0.15) is 34.6 Å². The van der Waals surface area contributed by atoms with E-state index < -0.39 is 34.4 Å². The normalized spacial score (nSPS) is 21.6. The second-order valence-corrected chi connectivity index (χ2v) is 13.1. The molecule has 3 aromatic rings. The smallest absolute Gasteiger partial charge is 0.410 e. The van der Waals surface area contributed by atoms with Crippen molar-refractivity contribution < 1.29 is 27.8 Å². The fraction of sp³-hybridized carbons (Fsp3) is 0.500. The molecule has 1 amide bonds. The summed E-state index contributed by atoms with van der Waals surface area (Å²) in [6.45, 7) is 11.4. The monoisotopic (exact) mass is 602 g/mol. The van der Waals surface area contributed by atoms with Gasteiger partial charge in [-0.25, -0.2) is 18.4 Å². The number of aromatic nitrogens is 2. The lowest BCUT2D eigenvalue weighted by atomic mass is 9.87. The molecule has 1 aromatic heterocycles. The standard InChI is InChI=1S/C30H33ClF2N4O5/c1-16-11-36(28(39)42-29(3,4)5)17(2)10-35(16)26-20-9-21(31)23(19-7-6-18(32)8-22(19)33)25-24(20)37(27(38)34-26)12-30(15-41-25)13-40-14-30/h6-9,16-17H,10-15H2,1-5H3. The Morgan fingerprint density at radius 3 is 2.50 bits per heavy atom. The van der Waals surface area contributed by atoms with Crippen LogP contribution >= 0.6 is 11.6 Å². The first kappa shape index (κ1) is 28.7. The average Bonchev–Trinajstić information content (AvgIpc) is 3.06. The maximum Gasteiger partial charge on any atom is 0.410 e. The Balaban J connectivity index is 1.51. The second kappa shape index (κ2) is 10.1. The van der Waals surface area contributed by atoms with Gasteiger partial charge in [0.15, 0.2) is 5.75 Å². The number of ether oxygens (including phenoxy) is 3. The first-order chi connectivity index (χ1) is 19.8. The van der Waals surface area contributed by atoms with Crippen molar-refractivity contribution in [3.05, 3.63) is 51.4 Å². The summed E-state index contributed by atoms with van der Waals surface area (Å²) in [5.74, 6) is -0.887. The number of halogens is 3. The Morgan fingerprint density at radius 2 is 1.86 bits per heavy atom. The number of anilines is 1. The molecule has 4 heterocycles. The Morgan fingerprint density at radius 1 is 1.12 bits per heavy atom. The molecule has 224 valence electrons. The fourth-order valence-corrected chi connectivity index (χ4v) is 6.28. The van der Waals surface area contributed by atoms with Crippen molar-refractivity contribution in [1.82, 2.24) is 14.5 Å². The second-order valence-electron chi connectivity index (χ2n) is 12.7. The minimum Gasteiger partial charge on any atom is -0.490 e. The summed E-state index contributed by atoms with van der Waals surface area (Å²) in [4.78, 5) is 34.9. The summed E-state index contributed by atoms with van der Waals surface area (Å²) in [7, 11) is 0. The number of nitrogens with zero attached hydrogens (tertiary/aromatic N) is 4. The SMILES string of the molecule is CC1CN(c2nc(=O)n3c4c(c(-c5ccc(F)cc5F)c(Cl)cc24)OCC2(COC2)C3)C(C)CN1C(=O)OC(C)(C)C. The highest BCUT2D eigenvalue weighted by atomic mass is 35.5. The highest BCUT2D eigenvalue weighted by Gasteiger charge is 2.44. The molecule has 0 saturated carbocycles. The molecular weight excluding hydrogens is 570 g/mol. The Kier molecular flexibility index (Phi) is 6.88. The van der Waals surface area contributed by atoms with Gasteiger partial charge in [-0.3, -0.25) is 4.57 Å². The first-order valence-electron chi connectivity index (χ1n) is 14.0. The topological polar surface area (TPSA) is 86.1 Å². The molecule has 3 aliphatic heterocycles. The number of carbonyl (C=O) groups excluding carboxylic acids is 1. The number of amides is 1. The van der Waals surface area contributed by atoms with Crippen LogP contribution in [0.5, 0.6) is 5.75 Å². The highest BCUT2D eigenvalue weighted by Crippen LogP contribution is 2.48. The lowest BCUT2D eigenvalue weighted by Crippen LogP contribution is -2.59. The molecule has 3 aliphatic rings. The number of carbonyl (C=O) groups is 1. The molecule has 2 atom stereocenters. The first-order valence-corrected chi connectivity index (χ1v) is 14.3. The number of rotatable bonds is 2. The van der Waals surface area contributed by atoms with Gasteiger partial charge in [-0.2, -0.15) is 4.98 Å². The van der Waals surface area contributed by atoms with Crippen LogP contribution in [-0.2, 0) is 16.0 Å². The van der Waals surface area contributed by atoms with E-state index in [1.165, 1.54) is 6.07 Å². The molecule has 2 saturated heterocycles. The Hall–Kier alpha value is -3.44. The van der Waals surface area contributed by atoms with E-state index in [9.17, 15) is 14.0 Å². The quantitative estimate of drug-likeness (QED) is 0.397. The highest BCUT2D eigenvalue weighted by molar-refractivity contribution is 6.35. The van der Waals surface area contributed by atoms with Gasteiger partial charge >= 0.3 is 11.8 Å². The zero-order valence-electron chi connectivity index (χ0n) is 24.2. The number of hydrogen-bond donors (Lipinski definition) is 0. The van der Waals surface area contributed by atoms with Gasteiger partial charge in [-0.05, 0) is 52.8 Å². The third-order valence-corrected chi connectivity index (χ3v) is 8.37. The molecule has 0 bridgehead atoms. The summed E-state index contributed by atoms with van der Waals surface area (Å²) in [5, 5.41) is 0.730. The molecule has 6 rings (SSSR count). The van der Waals surface area contributed by atoms with Gasteiger partial charge in [0.1, 0.15) is 29.7 Å². The van der Waals surface area contributed by atoms with Gasteiger partial charge in [0.2, 0.25) is 0 Å². The van der Waals surface area contributed by atoms with Gasteiger partial charge < -0.3 is 24.0 Å². The van der Waals surface area contributed by atoms with Crippen LogP contribution in [0.3, 0.4) is 0 Å². The molecule has 0 N–H and O–H groups in total. The van der Waals surface area contributed by atoms with Crippen molar-refractivity contribution in [2.45, 2.75) is 58.8 Å². The molecule has 2 unspecified atom stereocenters. The molecular formula is C30H33ClF2N4O5. The molecule has 2 fully saturated rings. The van der Waals surface area contributed by atoms with Crippen molar-refractivity contribution in [3.63, 3.8) is 0 Å². The van der Waals surface area contributed by atoms with E-state index in [2.05, 4.69) is 4.98 Å². The molecule has 0 aliphatic carbocycles. The molecule has 2 aromatic carbocycles. The fourth-order valence-electron chi connectivity index (χ4n) is 5.98. The summed E-state index contributed by atoms with van der Waals surface area (Å²) < 4.78 is 48.0. The van der Waals surface area contributed by atoms with Crippen LogP contribution in [0.25, 0.3) is 22.0 Å². The molecule has 9 nitrogen and oxygen atoms in total. The maximum atomic E-state index is 15.1. The lowest BCUT2D eigenvalue weighted by Gasteiger charge is -2.45. The van der Waals surface area contributed by atoms with E-state index in [-0.39, 0.29) is 40.6 Å². The van der Waals surface area contributed by atoms with Crippen LogP contribution in [0.15, 0.2) is 29.1 Å². The van der Waals surface area contributed by atoms with Gasteiger partial charge in [0, 0.05) is 54.3 Å². The summed E-state index contributed by atoms with van der Waals surface area (Å²) >= 11 is 6.86. The zero-order valence-corrected chi connectivity index (χ0v) is 24.9. The van der Waals surface area contributed by atoms with Crippen LogP contribution in [-0.4, -0.2) is 71.1 Å². The number of piperazine rings is 1. The number of benzene rings is 2. The van der Waals surface area contributed by atoms with Gasteiger partial charge in [0.05, 0.1) is 29.2 Å². The summed E-state index contributed by atoms with van der Waals surface area (Å²) in [6.07, 6.45) is -0.404. The summed E-state index contributed by atoms with van der Waals surface area (Å²) in [6, 6.07) is 4.44. The van der Waals surface area contributed by atoms with E-state index in [4.69, 9.17) is 25.8 Å². The number of hydrogen-bond acceptors (Lipinski definition) is 7. The van der Waals surface area contributed by atoms with E-state index in [0.29, 0.717) is 49.6 Å². The van der Waals surface area contributed by atoms with Gasteiger partial charge in [0.25, 0.3) is 0 Å².